The maximum Gasteiger partial charge on any atom is 0.205 e. The van der Waals surface area contributed by atoms with Gasteiger partial charge < -0.3 is 10.2 Å². The van der Waals surface area contributed by atoms with Crippen LogP contribution >= 0.6 is 0 Å². The predicted octanol–water partition coefficient (Wildman–Crippen LogP) is -0.387. The van der Waals surface area contributed by atoms with Crippen molar-refractivity contribution in [1.82, 2.24) is 15.6 Å². The minimum absolute atomic E-state index is 0.191. The number of hydrogen-bond acceptors (Lipinski definition) is 3. The Morgan fingerprint density at radius 3 is 2.36 bits per heavy atom. The van der Waals surface area contributed by atoms with Crippen LogP contribution in [0.15, 0.2) is 4.99 Å². The Kier molecular flexibility index (Phi) is 5.49. The molecule has 0 aromatic rings. The van der Waals surface area contributed by atoms with Crippen molar-refractivity contribution in [1.29, 1.82) is 0 Å². The molecule has 0 fully saturated rings. The number of rotatable bonds is 4. The van der Waals surface area contributed by atoms with Gasteiger partial charge in [-0.1, -0.05) is 13.8 Å². The van der Waals surface area contributed by atoms with Crippen LogP contribution in [0.4, 0.5) is 0 Å². The van der Waals surface area contributed by atoms with E-state index in [4.69, 9.17) is 5.84 Å². The van der Waals surface area contributed by atoms with E-state index >= 15 is 0 Å². The average Bonchev–Trinajstić information content (AvgIpc) is 2.03. The third-order valence-electron chi connectivity index (χ3n) is 1.84. The standard InChI is InChI=1S/C9H23N5/c1-9(2,7-14(4)5)6-12-8(11-3)13-10/h6-7,10H2,1-5H3,(H2,11,12,13). The highest BCUT2D eigenvalue weighted by Gasteiger charge is 2.18. The molecule has 0 heterocycles. The van der Waals surface area contributed by atoms with Gasteiger partial charge in [0.05, 0.1) is 0 Å². The second-order valence-electron chi connectivity index (χ2n) is 4.47. The van der Waals surface area contributed by atoms with Crippen molar-refractivity contribution in [2.24, 2.45) is 16.3 Å². The van der Waals surface area contributed by atoms with Gasteiger partial charge in [-0.15, -0.1) is 0 Å². The van der Waals surface area contributed by atoms with Crippen LogP contribution in [-0.2, 0) is 0 Å². The van der Waals surface area contributed by atoms with Gasteiger partial charge in [0.1, 0.15) is 0 Å². The van der Waals surface area contributed by atoms with Crippen LogP contribution < -0.4 is 16.6 Å². The molecule has 5 nitrogen and oxygen atoms in total. The minimum Gasteiger partial charge on any atom is -0.355 e. The fourth-order valence-corrected chi connectivity index (χ4v) is 1.43. The molecule has 0 aliphatic heterocycles. The Morgan fingerprint density at radius 2 is 2.00 bits per heavy atom. The number of guanidine groups is 1. The van der Waals surface area contributed by atoms with Crippen LogP contribution in [0.3, 0.4) is 0 Å². The topological polar surface area (TPSA) is 65.7 Å². The quantitative estimate of drug-likeness (QED) is 0.251. The molecule has 0 aromatic carbocycles. The van der Waals surface area contributed by atoms with Crippen molar-refractivity contribution in [2.45, 2.75) is 13.8 Å². The van der Waals surface area contributed by atoms with Crippen molar-refractivity contribution in [3.63, 3.8) is 0 Å². The monoisotopic (exact) mass is 201 g/mol. The lowest BCUT2D eigenvalue weighted by atomic mass is 9.93. The van der Waals surface area contributed by atoms with Gasteiger partial charge in [0.25, 0.3) is 0 Å². The fraction of sp³-hybridized carbons (Fsp3) is 0.889. The van der Waals surface area contributed by atoms with Crippen LogP contribution in [0, 0.1) is 5.41 Å². The molecule has 0 radical (unpaired) electrons. The predicted molar refractivity (Wildman–Crippen MR) is 61.0 cm³/mol. The van der Waals surface area contributed by atoms with Crippen LogP contribution in [0.25, 0.3) is 0 Å². The van der Waals surface area contributed by atoms with E-state index in [9.17, 15) is 0 Å². The van der Waals surface area contributed by atoms with E-state index in [0.29, 0.717) is 5.96 Å². The normalized spacial score (nSPS) is 13.2. The minimum atomic E-state index is 0.191. The van der Waals surface area contributed by atoms with Gasteiger partial charge in [-0.25, -0.2) is 5.84 Å². The lowest BCUT2D eigenvalue weighted by Gasteiger charge is -2.28. The third-order valence-corrected chi connectivity index (χ3v) is 1.84. The molecule has 0 amide bonds. The zero-order valence-electron chi connectivity index (χ0n) is 9.89. The van der Waals surface area contributed by atoms with Crippen molar-refractivity contribution in [2.75, 3.05) is 34.2 Å². The molecule has 0 rings (SSSR count). The average molecular weight is 201 g/mol. The van der Waals surface area contributed by atoms with E-state index in [1.165, 1.54) is 0 Å². The molecule has 0 bridgehead atoms. The molecule has 0 aliphatic rings. The first-order chi connectivity index (χ1) is 6.41. The highest BCUT2D eigenvalue weighted by molar-refractivity contribution is 5.78. The summed E-state index contributed by atoms with van der Waals surface area (Å²) in [6.45, 7) is 6.25. The van der Waals surface area contributed by atoms with Gasteiger partial charge in [0, 0.05) is 20.1 Å². The van der Waals surface area contributed by atoms with Gasteiger partial charge in [0.2, 0.25) is 5.96 Å². The lowest BCUT2D eigenvalue weighted by Crippen LogP contribution is -2.47. The van der Waals surface area contributed by atoms with E-state index in [1.807, 2.05) is 0 Å². The summed E-state index contributed by atoms with van der Waals surface area (Å²) >= 11 is 0. The van der Waals surface area contributed by atoms with Gasteiger partial charge in [0.15, 0.2) is 0 Å². The molecule has 0 saturated carbocycles. The highest BCUT2D eigenvalue weighted by Crippen LogP contribution is 2.13. The van der Waals surface area contributed by atoms with Crippen LogP contribution in [0.5, 0.6) is 0 Å². The van der Waals surface area contributed by atoms with Crippen LogP contribution in [0.2, 0.25) is 0 Å². The van der Waals surface area contributed by atoms with Crippen molar-refractivity contribution >= 4 is 5.96 Å². The summed E-state index contributed by atoms with van der Waals surface area (Å²) in [6, 6.07) is 0. The van der Waals surface area contributed by atoms with Gasteiger partial charge in [-0.05, 0) is 19.5 Å². The highest BCUT2D eigenvalue weighted by atomic mass is 15.3. The molecule has 0 spiro atoms. The lowest BCUT2D eigenvalue weighted by molar-refractivity contribution is 0.241. The fourth-order valence-electron chi connectivity index (χ4n) is 1.43. The van der Waals surface area contributed by atoms with E-state index in [2.05, 4.69) is 48.6 Å². The molecule has 0 saturated heterocycles. The SMILES string of the molecule is CN=C(NN)NCC(C)(C)CN(C)C. The summed E-state index contributed by atoms with van der Waals surface area (Å²) in [5, 5.41) is 3.15. The van der Waals surface area contributed by atoms with Crippen molar-refractivity contribution in [3.8, 4) is 0 Å². The van der Waals surface area contributed by atoms with E-state index in [0.717, 1.165) is 13.1 Å². The molecule has 4 N–H and O–H groups in total. The largest absolute Gasteiger partial charge is 0.355 e. The molecule has 14 heavy (non-hydrogen) atoms. The Morgan fingerprint density at radius 1 is 1.43 bits per heavy atom. The van der Waals surface area contributed by atoms with E-state index in [1.54, 1.807) is 7.05 Å². The molecular formula is C9H23N5. The molecule has 0 atom stereocenters. The smallest absolute Gasteiger partial charge is 0.205 e. The Balaban J connectivity index is 3.97. The summed E-state index contributed by atoms with van der Waals surface area (Å²) < 4.78 is 0. The number of nitrogens with zero attached hydrogens (tertiary/aromatic N) is 2. The second-order valence-corrected chi connectivity index (χ2v) is 4.47. The van der Waals surface area contributed by atoms with Gasteiger partial charge in [-0.3, -0.25) is 10.4 Å². The molecule has 0 unspecified atom stereocenters. The van der Waals surface area contributed by atoms with Gasteiger partial charge >= 0.3 is 0 Å². The summed E-state index contributed by atoms with van der Waals surface area (Å²) in [7, 11) is 5.83. The first-order valence-corrected chi connectivity index (χ1v) is 4.73. The Bertz CT molecular complexity index is 186. The summed E-state index contributed by atoms with van der Waals surface area (Å²) in [6.07, 6.45) is 0. The molecular weight excluding hydrogens is 178 g/mol. The third kappa shape index (κ3) is 5.77. The van der Waals surface area contributed by atoms with E-state index in [-0.39, 0.29) is 5.41 Å². The number of hydrogen-bond donors (Lipinski definition) is 3. The zero-order valence-corrected chi connectivity index (χ0v) is 9.89. The Labute approximate surface area is 86.7 Å². The Hall–Kier alpha value is -0.810. The number of nitrogens with two attached hydrogens (primary N) is 1. The summed E-state index contributed by atoms with van der Waals surface area (Å²) in [4.78, 5) is 6.11. The number of hydrazine groups is 1. The number of aliphatic imine (C=N–C) groups is 1. The van der Waals surface area contributed by atoms with Crippen LogP contribution in [0.1, 0.15) is 13.8 Å². The summed E-state index contributed by atoms with van der Waals surface area (Å²) in [5.74, 6) is 5.88. The summed E-state index contributed by atoms with van der Waals surface area (Å²) in [5.41, 5.74) is 2.69. The number of nitrogens with one attached hydrogen (secondary N) is 2. The van der Waals surface area contributed by atoms with Crippen molar-refractivity contribution in [3.05, 3.63) is 0 Å². The van der Waals surface area contributed by atoms with E-state index < -0.39 is 0 Å². The van der Waals surface area contributed by atoms with Crippen molar-refractivity contribution < 1.29 is 0 Å². The first kappa shape index (κ1) is 13.2. The molecule has 5 heteroatoms. The molecule has 0 aromatic heterocycles. The van der Waals surface area contributed by atoms with Gasteiger partial charge in [-0.2, -0.15) is 0 Å². The molecule has 84 valence electrons. The van der Waals surface area contributed by atoms with Crippen LogP contribution in [-0.4, -0.2) is 45.1 Å². The first-order valence-electron chi connectivity index (χ1n) is 4.73. The second kappa shape index (κ2) is 5.82. The maximum absolute atomic E-state index is 5.26. The maximum atomic E-state index is 5.26. The molecule has 0 aliphatic carbocycles. The zero-order chi connectivity index (χ0) is 11.2.